The molecular weight excluding hydrogens is 324 g/mol. The first-order valence-electron chi connectivity index (χ1n) is 9.10. The van der Waals surface area contributed by atoms with E-state index >= 15 is 0 Å². The second kappa shape index (κ2) is 20.2. The zero-order valence-electron chi connectivity index (χ0n) is 15.6. The lowest BCUT2D eigenvalue weighted by Crippen LogP contribution is -2.25. The molecule has 0 atom stereocenters. The molecular formula is C17H39ClN6. The number of hydrogen-bond acceptors (Lipinski definition) is 4. The van der Waals surface area contributed by atoms with E-state index < -0.39 is 0 Å². The lowest BCUT2D eigenvalue weighted by atomic mass is 10.1. The van der Waals surface area contributed by atoms with Crippen LogP contribution in [0.5, 0.6) is 0 Å². The Hall–Kier alpha value is -0.850. The van der Waals surface area contributed by atoms with Gasteiger partial charge in [-0.25, -0.2) is 0 Å². The Morgan fingerprint density at radius 2 is 1.29 bits per heavy atom. The molecule has 0 spiro atoms. The fourth-order valence-electron chi connectivity index (χ4n) is 2.23. The Balaban J connectivity index is 0. The standard InChI is InChI=1S/C17H38N6.ClH/c1-16(18)22-14-8-12-20-10-6-4-3-5-7-11-21-13-9-15-23-17(2)19;/h20-21H,3-15H2,1-2H3,(H2,18,22)(H2,19,23);1H. The van der Waals surface area contributed by atoms with Crippen molar-refractivity contribution in [1.29, 1.82) is 5.41 Å². The van der Waals surface area contributed by atoms with Crippen molar-refractivity contribution in [3.05, 3.63) is 0 Å². The van der Waals surface area contributed by atoms with Crippen LogP contribution in [0.4, 0.5) is 0 Å². The fraction of sp³-hybridized carbons (Fsp3) is 0.882. The van der Waals surface area contributed by atoms with Gasteiger partial charge in [0.25, 0.3) is 0 Å². The number of nitrogens with one attached hydrogen (secondary N) is 4. The number of nitrogens with zero attached hydrogens (tertiary/aromatic N) is 1. The van der Waals surface area contributed by atoms with Gasteiger partial charge in [-0.15, -0.1) is 12.4 Å². The second-order valence-corrected chi connectivity index (χ2v) is 6.05. The summed E-state index contributed by atoms with van der Waals surface area (Å²) in [5.74, 6) is 1.23. The quantitative estimate of drug-likeness (QED) is 0.165. The van der Waals surface area contributed by atoms with Crippen LogP contribution in [0.2, 0.25) is 0 Å². The minimum Gasteiger partial charge on any atom is -0.388 e. The first-order chi connectivity index (χ1) is 11.1. The van der Waals surface area contributed by atoms with Crippen LogP contribution in [0.1, 0.15) is 58.8 Å². The molecule has 0 aliphatic rings. The molecule has 0 heterocycles. The Kier molecular flexibility index (Phi) is 21.4. The maximum atomic E-state index is 7.25. The van der Waals surface area contributed by atoms with Gasteiger partial charge in [-0.2, -0.15) is 0 Å². The number of nitrogens with two attached hydrogens (primary N) is 1. The van der Waals surface area contributed by atoms with Gasteiger partial charge in [0.2, 0.25) is 0 Å². The molecule has 0 amide bonds. The third-order valence-electron chi connectivity index (χ3n) is 3.50. The molecule has 0 aromatic rings. The molecule has 0 aliphatic carbocycles. The molecule has 0 saturated heterocycles. The minimum absolute atomic E-state index is 0. The van der Waals surface area contributed by atoms with Crippen LogP contribution >= 0.6 is 12.4 Å². The summed E-state index contributed by atoms with van der Waals surface area (Å²) in [6.07, 6.45) is 8.63. The van der Waals surface area contributed by atoms with Gasteiger partial charge in [0.15, 0.2) is 0 Å². The Morgan fingerprint density at radius 1 is 0.792 bits per heavy atom. The van der Waals surface area contributed by atoms with Crippen molar-refractivity contribution in [2.75, 3.05) is 39.3 Å². The highest BCUT2D eigenvalue weighted by Crippen LogP contribution is 2.01. The second-order valence-electron chi connectivity index (χ2n) is 6.05. The first kappa shape index (κ1) is 25.4. The summed E-state index contributed by atoms with van der Waals surface area (Å²) in [5, 5.41) is 17.2. The molecule has 6 nitrogen and oxygen atoms in total. The highest BCUT2D eigenvalue weighted by molar-refractivity contribution is 5.85. The van der Waals surface area contributed by atoms with Crippen LogP contribution in [0.3, 0.4) is 0 Å². The summed E-state index contributed by atoms with van der Waals surface area (Å²) >= 11 is 0. The molecule has 6 N–H and O–H groups in total. The molecule has 0 unspecified atom stereocenters. The largest absolute Gasteiger partial charge is 0.388 e. The van der Waals surface area contributed by atoms with Gasteiger partial charge in [0.1, 0.15) is 0 Å². The van der Waals surface area contributed by atoms with E-state index in [1.807, 2.05) is 6.92 Å². The van der Waals surface area contributed by atoms with E-state index in [0.29, 0.717) is 11.7 Å². The highest BCUT2D eigenvalue weighted by atomic mass is 35.5. The van der Waals surface area contributed by atoms with E-state index in [1.165, 1.54) is 32.1 Å². The third-order valence-corrected chi connectivity index (χ3v) is 3.50. The summed E-state index contributed by atoms with van der Waals surface area (Å²) < 4.78 is 0. The number of aliphatic imine (C=N–C) groups is 1. The number of halogens is 1. The van der Waals surface area contributed by atoms with Gasteiger partial charge >= 0.3 is 0 Å². The summed E-state index contributed by atoms with van der Waals surface area (Å²) in [5.41, 5.74) is 5.48. The molecule has 0 rings (SSSR count). The highest BCUT2D eigenvalue weighted by Gasteiger charge is 1.93. The molecule has 0 bridgehead atoms. The molecule has 144 valence electrons. The van der Waals surface area contributed by atoms with E-state index in [2.05, 4.69) is 20.9 Å². The maximum absolute atomic E-state index is 7.25. The minimum atomic E-state index is 0. The smallest absolute Gasteiger partial charge is 0.0905 e. The molecule has 0 aromatic heterocycles. The summed E-state index contributed by atoms with van der Waals surface area (Å²) in [4.78, 5) is 4.17. The third kappa shape index (κ3) is 23.4. The van der Waals surface area contributed by atoms with E-state index in [4.69, 9.17) is 11.1 Å². The van der Waals surface area contributed by atoms with Crippen LogP contribution in [-0.2, 0) is 0 Å². The van der Waals surface area contributed by atoms with Gasteiger partial charge in [0.05, 0.1) is 11.7 Å². The monoisotopic (exact) mass is 362 g/mol. The average molecular weight is 363 g/mol. The van der Waals surface area contributed by atoms with Crippen molar-refractivity contribution in [3.63, 3.8) is 0 Å². The number of amidine groups is 2. The van der Waals surface area contributed by atoms with Gasteiger partial charge in [-0.05, 0) is 65.7 Å². The maximum Gasteiger partial charge on any atom is 0.0905 e. The SMILES string of the molecule is CC(=N)NCCCNCCCCCCCNCCCN=C(C)N.Cl. The molecule has 0 aliphatic heterocycles. The Morgan fingerprint density at radius 3 is 1.83 bits per heavy atom. The number of rotatable bonds is 16. The zero-order valence-corrected chi connectivity index (χ0v) is 16.4. The van der Waals surface area contributed by atoms with Crippen molar-refractivity contribution in [3.8, 4) is 0 Å². The number of hydrogen-bond donors (Lipinski definition) is 5. The first-order valence-corrected chi connectivity index (χ1v) is 9.10. The van der Waals surface area contributed by atoms with Gasteiger partial charge in [-0.3, -0.25) is 10.4 Å². The van der Waals surface area contributed by atoms with Crippen molar-refractivity contribution in [1.82, 2.24) is 16.0 Å². The zero-order chi connectivity index (χ0) is 17.2. The predicted molar refractivity (Wildman–Crippen MR) is 109 cm³/mol. The van der Waals surface area contributed by atoms with Crippen LogP contribution in [0, 0.1) is 5.41 Å². The summed E-state index contributed by atoms with van der Waals surface area (Å²) in [7, 11) is 0. The average Bonchev–Trinajstić information content (AvgIpc) is 2.49. The fourth-order valence-corrected chi connectivity index (χ4v) is 2.23. The molecule has 0 fully saturated rings. The lowest BCUT2D eigenvalue weighted by Gasteiger charge is -2.06. The van der Waals surface area contributed by atoms with Crippen LogP contribution in [0.15, 0.2) is 4.99 Å². The lowest BCUT2D eigenvalue weighted by molar-refractivity contribution is 0.548. The van der Waals surface area contributed by atoms with Crippen molar-refractivity contribution >= 4 is 24.1 Å². The van der Waals surface area contributed by atoms with Crippen LogP contribution in [-0.4, -0.2) is 50.9 Å². The number of unbranched alkanes of at least 4 members (excludes halogenated alkanes) is 4. The molecule has 0 aromatic carbocycles. The Labute approximate surface area is 154 Å². The molecule has 7 heteroatoms. The van der Waals surface area contributed by atoms with Crippen molar-refractivity contribution < 1.29 is 0 Å². The van der Waals surface area contributed by atoms with Gasteiger partial charge in [-0.1, -0.05) is 19.3 Å². The molecule has 24 heavy (non-hydrogen) atoms. The van der Waals surface area contributed by atoms with E-state index in [1.54, 1.807) is 6.92 Å². The summed E-state index contributed by atoms with van der Waals surface area (Å²) in [6, 6.07) is 0. The normalized spacial score (nSPS) is 11.2. The van der Waals surface area contributed by atoms with Crippen LogP contribution in [0.25, 0.3) is 0 Å². The van der Waals surface area contributed by atoms with E-state index in [9.17, 15) is 0 Å². The summed E-state index contributed by atoms with van der Waals surface area (Å²) in [6.45, 7) is 9.64. The predicted octanol–water partition coefficient (Wildman–Crippen LogP) is 2.28. The Bertz CT molecular complexity index is 305. The topological polar surface area (TPSA) is 98.3 Å². The molecule has 0 radical (unpaired) electrons. The van der Waals surface area contributed by atoms with Crippen molar-refractivity contribution in [2.45, 2.75) is 58.8 Å². The molecule has 0 saturated carbocycles. The van der Waals surface area contributed by atoms with Gasteiger partial charge in [0, 0.05) is 13.1 Å². The van der Waals surface area contributed by atoms with E-state index in [0.717, 1.165) is 52.1 Å². The van der Waals surface area contributed by atoms with Crippen molar-refractivity contribution in [2.24, 2.45) is 10.7 Å². The van der Waals surface area contributed by atoms with E-state index in [-0.39, 0.29) is 12.4 Å². The van der Waals surface area contributed by atoms with Crippen LogP contribution < -0.4 is 21.7 Å². The van der Waals surface area contributed by atoms with Gasteiger partial charge < -0.3 is 21.7 Å².